The van der Waals surface area contributed by atoms with Crippen LogP contribution in [0.15, 0.2) is 24.3 Å². The van der Waals surface area contributed by atoms with Gasteiger partial charge in [0.15, 0.2) is 0 Å². The van der Waals surface area contributed by atoms with Crippen molar-refractivity contribution < 1.29 is 14.4 Å². The van der Waals surface area contributed by atoms with Crippen LogP contribution in [0.3, 0.4) is 0 Å². The lowest BCUT2D eigenvalue weighted by Crippen LogP contribution is -2.59. The molecule has 1 aliphatic carbocycles. The van der Waals surface area contributed by atoms with Gasteiger partial charge in [0.2, 0.25) is 5.91 Å². The van der Waals surface area contributed by atoms with Crippen molar-refractivity contribution in [3.05, 3.63) is 29.8 Å². The summed E-state index contributed by atoms with van der Waals surface area (Å²) in [6, 6.07) is 6.69. The molecule has 0 radical (unpaired) electrons. The first-order valence-corrected chi connectivity index (χ1v) is 7.07. The zero-order chi connectivity index (χ0) is 15.4. The van der Waals surface area contributed by atoms with E-state index in [0.717, 1.165) is 10.5 Å². The molecule has 1 aromatic rings. The molecule has 2 aliphatic rings. The maximum Gasteiger partial charge on any atom is 0.335 e. The summed E-state index contributed by atoms with van der Waals surface area (Å²) in [4.78, 5) is 37.9. The summed E-state index contributed by atoms with van der Waals surface area (Å²) in [7, 11) is 0. The van der Waals surface area contributed by atoms with Crippen LogP contribution in [0.1, 0.15) is 39.2 Å². The van der Waals surface area contributed by atoms with Gasteiger partial charge in [-0.3, -0.25) is 14.9 Å². The fourth-order valence-electron chi connectivity index (χ4n) is 2.76. The number of imide groups is 2. The molecule has 1 saturated carbocycles. The van der Waals surface area contributed by atoms with Crippen LogP contribution in [0.2, 0.25) is 0 Å². The van der Waals surface area contributed by atoms with E-state index in [9.17, 15) is 14.4 Å². The number of barbiturate groups is 1. The average molecular weight is 286 g/mol. The molecular weight excluding hydrogens is 268 g/mol. The van der Waals surface area contributed by atoms with Crippen LogP contribution in [0.4, 0.5) is 10.5 Å². The molecule has 2 fully saturated rings. The van der Waals surface area contributed by atoms with E-state index in [4.69, 9.17) is 0 Å². The first kappa shape index (κ1) is 13.8. The Balaban J connectivity index is 2.10. The van der Waals surface area contributed by atoms with Gasteiger partial charge in [-0.05, 0) is 29.9 Å². The molecule has 0 atom stereocenters. The summed E-state index contributed by atoms with van der Waals surface area (Å²) in [6.45, 7) is 6.07. The third-order valence-electron chi connectivity index (χ3n) is 4.17. The summed E-state index contributed by atoms with van der Waals surface area (Å²) in [5, 5.41) is 2.32. The lowest BCUT2D eigenvalue weighted by molar-refractivity contribution is -0.136. The number of amides is 4. The first-order chi connectivity index (χ1) is 9.77. The van der Waals surface area contributed by atoms with Gasteiger partial charge in [-0.25, -0.2) is 9.69 Å². The molecule has 1 spiro atoms. The number of urea groups is 1. The zero-order valence-corrected chi connectivity index (χ0v) is 12.4. The fourth-order valence-corrected chi connectivity index (χ4v) is 2.76. The van der Waals surface area contributed by atoms with E-state index in [1.54, 1.807) is 12.1 Å². The van der Waals surface area contributed by atoms with Crippen LogP contribution in [-0.4, -0.2) is 17.8 Å². The van der Waals surface area contributed by atoms with Crippen molar-refractivity contribution in [1.29, 1.82) is 0 Å². The number of carbonyl (C=O) groups excluding carboxylic acids is 3. The molecule has 21 heavy (non-hydrogen) atoms. The Bertz CT molecular complexity index is 654. The standard InChI is InChI=1S/C16H18N2O3/c1-15(2,3)10-6-4-5-7-11(10)18-13(20)16(8-9-16)12(19)17-14(18)21/h4-7H,8-9H2,1-3H3,(H,17,19,21). The molecule has 1 aromatic carbocycles. The van der Waals surface area contributed by atoms with E-state index < -0.39 is 23.3 Å². The van der Waals surface area contributed by atoms with E-state index in [0.29, 0.717) is 18.5 Å². The third-order valence-corrected chi connectivity index (χ3v) is 4.17. The summed E-state index contributed by atoms with van der Waals surface area (Å²) in [5.41, 5.74) is 0.235. The number of hydrogen-bond donors (Lipinski definition) is 1. The van der Waals surface area contributed by atoms with Gasteiger partial charge in [0.1, 0.15) is 5.41 Å². The van der Waals surface area contributed by atoms with E-state index in [2.05, 4.69) is 5.32 Å². The summed E-state index contributed by atoms with van der Waals surface area (Å²) in [6.07, 6.45) is 1.03. The molecule has 5 nitrogen and oxygen atoms in total. The summed E-state index contributed by atoms with van der Waals surface area (Å²) in [5.74, 6) is -0.852. The minimum Gasteiger partial charge on any atom is -0.276 e. The van der Waals surface area contributed by atoms with Crippen molar-refractivity contribution in [2.45, 2.75) is 39.0 Å². The predicted molar refractivity (Wildman–Crippen MR) is 77.8 cm³/mol. The number of hydrogen-bond acceptors (Lipinski definition) is 3. The molecule has 1 N–H and O–H groups in total. The summed E-state index contributed by atoms with van der Waals surface area (Å²) >= 11 is 0. The highest BCUT2D eigenvalue weighted by Crippen LogP contribution is 2.50. The van der Waals surface area contributed by atoms with E-state index in [1.165, 1.54) is 0 Å². The van der Waals surface area contributed by atoms with Crippen LogP contribution in [0.25, 0.3) is 0 Å². The quantitative estimate of drug-likeness (QED) is 0.806. The second kappa shape index (κ2) is 4.16. The lowest BCUT2D eigenvalue weighted by Gasteiger charge is -2.33. The fraction of sp³-hybridized carbons (Fsp3) is 0.438. The third kappa shape index (κ3) is 1.95. The van der Waals surface area contributed by atoms with Crippen LogP contribution >= 0.6 is 0 Å². The highest BCUT2D eigenvalue weighted by molar-refractivity contribution is 6.31. The second-order valence-corrected chi connectivity index (χ2v) is 6.75. The van der Waals surface area contributed by atoms with Gasteiger partial charge in [-0.15, -0.1) is 0 Å². The average Bonchev–Trinajstić information content (AvgIpc) is 3.18. The number of para-hydroxylation sites is 1. The molecule has 5 heteroatoms. The molecule has 0 unspecified atom stereocenters. The van der Waals surface area contributed by atoms with Gasteiger partial charge < -0.3 is 0 Å². The van der Waals surface area contributed by atoms with Crippen LogP contribution in [0, 0.1) is 5.41 Å². The Kier molecular flexibility index (Phi) is 2.74. The largest absolute Gasteiger partial charge is 0.335 e. The zero-order valence-electron chi connectivity index (χ0n) is 12.4. The van der Waals surface area contributed by atoms with Crippen molar-refractivity contribution in [2.24, 2.45) is 5.41 Å². The molecule has 0 aromatic heterocycles. The van der Waals surface area contributed by atoms with E-state index in [-0.39, 0.29) is 5.41 Å². The Hall–Kier alpha value is -2.17. The van der Waals surface area contributed by atoms with Gasteiger partial charge in [0.25, 0.3) is 5.91 Å². The predicted octanol–water partition coefficient (Wildman–Crippen LogP) is 2.35. The minimum atomic E-state index is -1.01. The maximum atomic E-state index is 12.7. The van der Waals surface area contributed by atoms with E-state index >= 15 is 0 Å². The van der Waals surface area contributed by atoms with Gasteiger partial charge in [-0.1, -0.05) is 39.0 Å². The smallest absolute Gasteiger partial charge is 0.276 e. The molecule has 4 amide bonds. The molecule has 1 aliphatic heterocycles. The van der Waals surface area contributed by atoms with Crippen molar-refractivity contribution in [3.63, 3.8) is 0 Å². The van der Waals surface area contributed by atoms with Crippen molar-refractivity contribution in [1.82, 2.24) is 5.32 Å². The van der Waals surface area contributed by atoms with E-state index in [1.807, 2.05) is 32.9 Å². The first-order valence-electron chi connectivity index (χ1n) is 7.07. The van der Waals surface area contributed by atoms with Crippen LogP contribution in [-0.2, 0) is 15.0 Å². The Morgan fingerprint density at radius 3 is 2.29 bits per heavy atom. The normalized spacial score (nSPS) is 20.7. The number of anilines is 1. The molecule has 3 rings (SSSR count). The number of rotatable bonds is 1. The molecule has 0 bridgehead atoms. The molecular formula is C16H18N2O3. The SMILES string of the molecule is CC(C)(C)c1ccccc1N1C(=O)NC(=O)C2(CC2)C1=O. The number of nitrogens with one attached hydrogen (secondary N) is 1. The minimum absolute atomic E-state index is 0.213. The van der Waals surface area contributed by atoms with Crippen molar-refractivity contribution in [3.8, 4) is 0 Å². The number of carbonyl (C=O) groups is 3. The highest BCUT2D eigenvalue weighted by atomic mass is 16.2. The number of nitrogens with zero attached hydrogens (tertiary/aromatic N) is 1. The molecule has 110 valence electrons. The highest BCUT2D eigenvalue weighted by Gasteiger charge is 2.62. The Labute approximate surface area is 123 Å². The maximum absolute atomic E-state index is 12.7. The monoisotopic (exact) mass is 286 g/mol. The van der Waals surface area contributed by atoms with Crippen molar-refractivity contribution in [2.75, 3.05) is 4.90 Å². The van der Waals surface area contributed by atoms with Gasteiger partial charge in [-0.2, -0.15) is 0 Å². The van der Waals surface area contributed by atoms with Gasteiger partial charge in [0.05, 0.1) is 5.69 Å². The van der Waals surface area contributed by atoms with Gasteiger partial charge >= 0.3 is 6.03 Å². The van der Waals surface area contributed by atoms with Crippen LogP contribution < -0.4 is 10.2 Å². The van der Waals surface area contributed by atoms with Gasteiger partial charge in [0, 0.05) is 0 Å². The topological polar surface area (TPSA) is 66.5 Å². The summed E-state index contributed by atoms with van der Waals surface area (Å²) < 4.78 is 0. The second-order valence-electron chi connectivity index (χ2n) is 6.75. The van der Waals surface area contributed by atoms with Crippen LogP contribution in [0.5, 0.6) is 0 Å². The Morgan fingerprint density at radius 1 is 1.10 bits per heavy atom. The Morgan fingerprint density at radius 2 is 1.71 bits per heavy atom. The molecule has 1 heterocycles. The molecule has 1 saturated heterocycles. The lowest BCUT2D eigenvalue weighted by atomic mass is 9.85. The van der Waals surface area contributed by atoms with Crippen molar-refractivity contribution >= 4 is 23.5 Å². The number of benzene rings is 1.